The van der Waals surface area contributed by atoms with Crippen LogP contribution < -0.4 is 0 Å². The van der Waals surface area contributed by atoms with Crippen LogP contribution in [0.5, 0.6) is 0 Å². The van der Waals surface area contributed by atoms with Crippen molar-refractivity contribution in [2.45, 2.75) is 64.0 Å². The van der Waals surface area contributed by atoms with Crippen LogP contribution in [0.25, 0.3) is 0 Å². The fourth-order valence-electron chi connectivity index (χ4n) is 2.63. The second kappa shape index (κ2) is 3.83. The third kappa shape index (κ3) is 1.93. The number of hydrogen-bond donors (Lipinski definition) is 0. The molecule has 0 N–H and O–H groups in total. The highest BCUT2D eigenvalue weighted by molar-refractivity contribution is 6.51. The monoisotopic (exact) mass is 259 g/mol. The van der Waals surface area contributed by atoms with Gasteiger partial charge in [0.05, 0.1) is 11.2 Å². The van der Waals surface area contributed by atoms with Gasteiger partial charge in [-0.25, -0.2) is 0 Å². The number of aryl methyl sites for hydroxylation is 1. The summed E-state index contributed by atoms with van der Waals surface area (Å²) in [6.07, 6.45) is 4.22. The highest BCUT2D eigenvalue weighted by atomic mass is 16.7. The van der Waals surface area contributed by atoms with Crippen molar-refractivity contribution < 1.29 is 9.31 Å². The first-order valence-electron chi connectivity index (χ1n) is 7.06. The van der Waals surface area contributed by atoms with E-state index in [4.69, 9.17) is 9.31 Å². The first-order valence-corrected chi connectivity index (χ1v) is 7.06. The Hall–Kier alpha value is -0.865. The van der Waals surface area contributed by atoms with Crippen molar-refractivity contribution in [1.29, 1.82) is 0 Å². The Labute approximate surface area is 115 Å². The van der Waals surface area contributed by atoms with E-state index in [0.29, 0.717) is 0 Å². The maximum absolute atomic E-state index is 6.23. The summed E-state index contributed by atoms with van der Waals surface area (Å²) in [5.74, 6) is 0. The summed E-state index contributed by atoms with van der Waals surface area (Å²) in [7, 11) is -0.151. The van der Waals surface area contributed by atoms with Crippen molar-refractivity contribution >= 4 is 7.12 Å². The molecule has 4 heteroatoms. The molecule has 2 heterocycles. The molecule has 1 aromatic heterocycles. The zero-order valence-electron chi connectivity index (χ0n) is 12.5. The second-order valence-electron chi connectivity index (χ2n) is 6.93. The molecule has 1 aliphatic heterocycles. The molecule has 0 atom stereocenters. The zero-order valence-corrected chi connectivity index (χ0v) is 12.5. The van der Waals surface area contributed by atoms with Gasteiger partial charge in [-0.3, -0.25) is 4.98 Å². The molecule has 1 aromatic rings. The minimum absolute atomic E-state index is 0.0196. The number of pyridine rings is 1. The molecule has 2 aliphatic rings. The topological polar surface area (TPSA) is 31.4 Å². The Bertz CT molecular complexity index is 475. The van der Waals surface area contributed by atoms with Gasteiger partial charge >= 0.3 is 7.12 Å². The molecule has 0 aromatic carbocycles. The average molecular weight is 259 g/mol. The van der Waals surface area contributed by atoms with E-state index < -0.39 is 0 Å². The summed E-state index contributed by atoms with van der Waals surface area (Å²) < 4.78 is 12.5. The molecule has 1 saturated heterocycles. The van der Waals surface area contributed by atoms with Crippen molar-refractivity contribution in [2.24, 2.45) is 0 Å². The zero-order chi connectivity index (χ0) is 13.9. The van der Waals surface area contributed by atoms with E-state index in [0.717, 1.165) is 18.5 Å². The van der Waals surface area contributed by atoms with Crippen molar-refractivity contribution in [3.63, 3.8) is 0 Å². The van der Waals surface area contributed by atoms with Gasteiger partial charge in [0, 0.05) is 17.2 Å². The predicted molar refractivity (Wildman–Crippen MR) is 76.0 cm³/mol. The summed E-state index contributed by atoms with van der Waals surface area (Å²) in [5, 5.41) is 0.0196. The van der Waals surface area contributed by atoms with Gasteiger partial charge in [-0.05, 0) is 59.1 Å². The molecule has 0 radical (unpaired) electrons. The van der Waals surface area contributed by atoms with Crippen LogP contribution in [0.3, 0.4) is 0 Å². The van der Waals surface area contributed by atoms with Crippen molar-refractivity contribution in [3.8, 4) is 0 Å². The Morgan fingerprint density at radius 3 is 2.05 bits per heavy atom. The number of hydrogen-bond acceptors (Lipinski definition) is 3. The molecule has 1 aliphatic carbocycles. The lowest BCUT2D eigenvalue weighted by Crippen LogP contribution is -2.41. The third-order valence-corrected chi connectivity index (χ3v) is 4.98. The molecule has 3 rings (SSSR count). The fraction of sp³-hybridized carbons (Fsp3) is 0.667. The number of rotatable bonds is 2. The van der Waals surface area contributed by atoms with Gasteiger partial charge in [0.25, 0.3) is 0 Å². The molecule has 0 bridgehead atoms. The minimum Gasteiger partial charge on any atom is -0.403 e. The quantitative estimate of drug-likeness (QED) is 0.765. The Kier molecular flexibility index (Phi) is 2.65. The minimum atomic E-state index is -0.259. The average Bonchev–Trinajstić information content (AvgIpc) is 3.05. The first-order chi connectivity index (χ1) is 8.77. The highest BCUT2D eigenvalue weighted by Crippen LogP contribution is 2.55. The van der Waals surface area contributed by atoms with E-state index in [1.165, 1.54) is 5.56 Å². The van der Waals surface area contributed by atoms with Crippen molar-refractivity contribution in [2.75, 3.05) is 0 Å². The van der Waals surface area contributed by atoms with Crippen molar-refractivity contribution in [1.82, 2.24) is 4.98 Å². The summed E-state index contributed by atoms with van der Waals surface area (Å²) in [6, 6.07) is 4.24. The molecule has 0 amide bonds. The Morgan fingerprint density at radius 1 is 1.05 bits per heavy atom. The van der Waals surface area contributed by atoms with Gasteiger partial charge in [-0.2, -0.15) is 0 Å². The predicted octanol–water partition coefficient (Wildman–Crippen LogP) is 3.05. The van der Waals surface area contributed by atoms with E-state index in [1.807, 2.05) is 13.1 Å². The fourth-order valence-corrected chi connectivity index (χ4v) is 2.63. The lowest BCUT2D eigenvalue weighted by molar-refractivity contribution is 0.00578. The highest BCUT2D eigenvalue weighted by Gasteiger charge is 2.65. The Balaban J connectivity index is 1.89. The summed E-state index contributed by atoms with van der Waals surface area (Å²) >= 11 is 0. The molecule has 1 saturated carbocycles. The summed E-state index contributed by atoms with van der Waals surface area (Å²) in [6.45, 7) is 10.4. The lowest BCUT2D eigenvalue weighted by atomic mass is 9.64. The second-order valence-corrected chi connectivity index (χ2v) is 6.93. The SMILES string of the molecule is Cc1ccc(C2(B3OC(C)(C)C(C)(C)O3)CC2)cn1. The molecule has 102 valence electrons. The van der Waals surface area contributed by atoms with E-state index >= 15 is 0 Å². The van der Waals surface area contributed by atoms with Gasteiger partial charge in [0.15, 0.2) is 0 Å². The maximum Gasteiger partial charge on any atom is 0.469 e. The molecule has 3 nitrogen and oxygen atoms in total. The molecule has 0 spiro atoms. The van der Waals surface area contributed by atoms with Crippen LogP contribution in [0.4, 0.5) is 0 Å². The summed E-state index contributed by atoms with van der Waals surface area (Å²) in [5.41, 5.74) is 1.78. The van der Waals surface area contributed by atoms with Gasteiger partial charge in [-0.1, -0.05) is 6.07 Å². The number of aromatic nitrogens is 1. The van der Waals surface area contributed by atoms with Crippen LogP contribution in [0.1, 0.15) is 51.8 Å². The van der Waals surface area contributed by atoms with E-state index in [9.17, 15) is 0 Å². The standard InChI is InChI=1S/C15H22BNO2/c1-11-6-7-12(10-17-11)15(8-9-15)16-18-13(2,3)14(4,5)19-16/h6-7,10H,8-9H2,1-5H3. The normalized spacial score (nSPS) is 26.5. The molecular formula is C15H22BNO2. The lowest BCUT2D eigenvalue weighted by Gasteiger charge is -2.32. The van der Waals surface area contributed by atoms with Gasteiger partial charge in [0.1, 0.15) is 0 Å². The van der Waals surface area contributed by atoms with Crippen molar-refractivity contribution in [3.05, 3.63) is 29.6 Å². The molecule has 0 unspecified atom stereocenters. The van der Waals surface area contributed by atoms with Gasteiger partial charge in [-0.15, -0.1) is 0 Å². The van der Waals surface area contributed by atoms with Gasteiger partial charge < -0.3 is 9.31 Å². The van der Waals surface area contributed by atoms with Crippen LogP contribution in [0.2, 0.25) is 0 Å². The molecule has 19 heavy (non-hydrogen) atoms. The maximum atomic E-state index is 6.23. The van der Waals surface area contributed by atoms with Crippen LogP contribution in [-0.2, 0) is 14.6 Å². The van der Waals surface area contributed by atoms with Crippen LogP contribution in [0, 0.1) is 6.92 Å². The smallest absolute Gasteiger partial charge is 0.403 e. The van der Waals surface area contributed by atoms with Crippen LogP contribution in [-0.4, -0.2) is 23.3 Å². The first kappa shape index (κ1) is 13.1. The van der Waals surface area contributed by atoms with E-state index in [2.05, 4.69) is 44.8 Å². The van der Waals surface area contributed by atoms with Gasteiger partial charge in [0.2, 0.25) is 0 Å². The van der Waals surface area contributed by atoms with Crippen LogP contribution >= 0.6 is 0 Å². The largest absolute Gasteiger partial charge is 0.469 e. The Morgan fingerprint density at radius 2 is 1.63 bits per heavy atom. The third-order valence-electron chi connectivity index (χ3n) is 4.98. The number of nitrogens with zero attached hydrogens (tertiary/aromatic N) is 1. The molecule has 2 fully saturated rings. The van der Waals surface area contributed by atoms with E-state index in [1.54, 1.807) is 0 Å². The molecular weight excluding hydrogens is 237 g/mol. The van der Waals surface area contributed by atoms with Crippen LogP contribution in [0.15, 0.2) is 18.3 Å². The van der Waals surface area contributed by atoms with E-state index in [-0.39, 0.29) is 23.6 Å². The summed E-state index contributed by atoms with van der Waals surface area (Å²) in [4.78, 5) is 4.42.